The summed E-state index contributed by atoms with van der Waals surface area (Å²) < 4.78 is 0. The molecule has 0 saturated heterocycles. The number of hydrogen-bond donors (Lipinski definition) is 0. The summed E-state index contributed by atoms with van der Waals surface area (Å²) in [6.45, 7) is 0. The summed E-state index contributed by atoms with van der Waals surface area (Å²) in [4.78, 5) is 0. The van der Waals surface area contributed by atoms with Crippen molar-refractivity contribution >= 4 is 13.5 Å². The van der Waals surface area contributed by atoms with E-state index in [-0.39, 0.29) is 39.3 Å². The Morgan fingerprint density at radius 2 is 0.600 bits per heavy atom. The Morgan fingerprint density at radius 1 is 0.600 bits per heavy atom. The first-order valence-corrected chi connectivity index (χ1v) is 0. The normalized spacial score (nSPS) is 0. The molecule has 2 nitrogen and oxygen atoms in total. The summed E-state index contributed by atoms with van der Waals surface area (Å²) in [5.41, 5.74) is 0. The first-order valence-electron chi connectivity index (χ1n) is 0. The van der Waals surface area contributed by atoms with Gasteiger partial charge in [-0.25, -0.2) is 0 Å². The predicted molar refractivity (Wildman–Crippen MR) is 31.1 cm³/mol. The Bertz CT molecular complexity index is 7.61. The van der Waals surface area contributed by atoms with Crippen LogP contribution in [0, 0.1) is 0 Å². The van der Waals surface area contributed by atoms with Gasteiger partial charge in [-0.05, 0) is 0 Å². The Kier molecular flexibility index (Phi) is 165000. The van der Waals surface area contributed by atoms with Gasteiger partial charge in [-0.15, -0.1) is 0 Å². The maximum absolute atomic E-state index is 0. The molecule has 0 heterocycles. The molecular weight excluding hydrogens is 88.1 g/mol. The van der Waals surface area contributed by atoms with Crippen molar-refractivity contribution in [1.82, 2.24) is 0 Å². The van der Waals surface area contributed by atoms with Gasteiger partial charge in [-0.2, -0.15) is 13.5 Å². The molecule has 0 aromatic carbocycles. The van der Waals surface area contributed by atoms with E-state index >= 15 is 0 Å². The summed E-state index contributed by atoms with van der Waals surface area (Å²) >= 11 is 0. The van der Waals surface area contributed by atoms with Crippen LogP contribution < -0.4 is 0 Å². The average molecular weight is 102 g/mol. The molecule has 0 saturated carbocycles. The molecule has 0 amide bonds. The van der Waals surface area contributed by atoms with E-state index in [1.165, 1.54) is 0 Å². The molecule has 0 aromatic rings. The SMILES string of the molecule is C.C.O.O.S. The van der Waals surface area contributed by atoms with Crippen LogP contribution >= 0.6 is 13.5 Å². The third-order valence-electron chi connectivity index (χ3n) is 0. The van der Waals surface area contributed by atoms with Crippen LogP contribution in [-0.2, 0) is 0 Å². The lowest BCUT2D eigenvalue weighted by Gasteiger charge is -0.413. The topological polar surface area (TPSA) is 63.0 Å². The van der Waals surface area contributed by atoms with Crippen molar-refractivity contribution in [2.45, 2.75) is 14.9 Å². The van der Waals surface area contributed by atoms with Crippen LogP contribution in [0.1, 0.15) is 14.9 Å². The highest BCUT2D eigenvalue weighted by atomic mass is 32.1. The maximum Gasteiger partial charge on any atom is -0.0776 e. The van der Waals surface area contributed by atoms with Crippen molar-refractivity contribution in [2.75, 3.05) is 0 Å². The van der Waals surface area contributed by atoms with E-state index < -0.39 is 0 Å². The van der Waals surface area contributed by atoms with Gasteiger partial charge in [0.05, 0.1) is 0 Å². The molecule has 0 spiro atoms. The third-order valence-corrected chi connectivity index (χ3v) is 0. The fourth-order valence-corrected chi connectivity index (χ4v) is 0. The molecular formula is C2H14O2S. The molecule has 3 heteroatoms. The Labute approximate surface area is 40.3 Å². The molecule has 40 valence electrons. The molecule has 0 fully saturated rings. The van der Waals surface area contributed by atoms with Crippen LogP contribution in [0.15, 0.2) is 0 Å². The van der Waals surface area contributed by atoms with Crippen molar-refractivity contribution < 1.29 is 11.0 Å². The second-order valence-corrected chi connectivity index (χ2v) is 0. The van der Waals surface area contributed by atoms with E-state index in [1.807, 2.05) is 0 Å². The highest BCUT2D eigenvalue weighted by molar-refractivity contribution is 7.59. The summed E-state index contributed by atoms with van der Waals surface area (Å²) in [5.74, 6) is 0. The van der Waals surface area contributed by atoms with Gasteiger partial charge in [0.25, 0.3) is 0 Å². The lowest BCUT2D eigenvalue weighted by Crippen LogP contribution is -0.290. The Morgan fingerprint density at radius 3 is 0.600 bits per heavy atom. The molecule has 0 aliphatic heterocycles. The van der Waals surface area contributed by atoms with E-state index in [1.54, 1.807) is 0 Å². The van der Waals surface area contributed by atoms with Crippen LogP contribution in [-0.4, -0.2) is 11.0 Å². The largest absolute Gasteiger partial charge is 0.412 e. The highest BCUT2D eigenvalue weighted by Gasteiger charge is -0.0765. The lowest BCUT2D eigenvalue weighted by atomic mass is 12.0. The van der Waals surface area contributed by atoms with Crippen molar-refractivity contribution in [3.8, 4) is 0 Å². The van der Waals surface area contributed by atoms with E-state index in [4.69, 9.17) is 0 Å². The third kappa shape index (κ3) is 302. The van der Waals surface area contributed by atoms with Gasteiger partial charge in [0.1, 0.15) is 0 Å². The standard InChI is InChI=1S/2CH4.2H2O.H2S/h2*1H4;3*1H2. The zero-order valence-electron chi connectivity index (χ0n) is 1.50. The molecule has 0 unspecified atom stereocenters. The summed E-state index contributed by atoms with van der Waals surface area (Å²) in [6, 6.07) is 0. The molecule has 0 radical (unpaired) electrons. The highest BCUT2D eigenvalue weighted by Crippen LogP contribution is 0.648. The lowest BCUT2D eigenvalue weighted by molar-refractivity contribution is 0.823. The molecule has 0 bridgehead atoms. The number of rotatable bonds is 0. The van der Waals surface area contributed by atoms with E-state index in [2.05, 4.69) is 0 Å². The van der Waals surface area contributed by atoms with Crippen LogP contribution in [0.3, 0.4) is 0 Å². The average Bonchev–Trinajstić information content (AvgIpc) is 0. The Hall–Kier alpha value is 0.270. The van der Waals surface area contributed by atoms with Gasteiger partial charge in [0, 0.05) is 0 Å². The first-order chi connectivity index (χ1) is 0. The molecule has 0 aliphatic rings. The van der Waals surface area contributed by atoms with Gasteiger partial charge >= 0.3 is 0 Å². The van der Waals surface area contributed by atoms with Gasteiger partial charge in [0.15, 0.2) is 0 Å². The maximum atomic E-state index is 0. The van der Waals surface area contributed by atoms with Crippen LogP contribution in [0.4, 0.5) is 0 Å². The fraction of sp³-hybridized carbons (Fsp3) is 1.00. The van der Waals surface area contributed by atoms with Gasteiger partial charge < -0.3 is 11.0 Å². The molecule has 0 rings (SSSR count). The predicted octanol–water partition coefficient (Wildman–Crippen LogP) is -0.264. The fourth-order valence-electron chi connectivity index (χ4n) is 0. The van der Waals surface area contributed by atoms with Crippen molar-refractivity contribution in [3.63, 3.8) is 0 Å². The minimum atomic E-state index is 0. The van der Waals surface area contributed by atoms with Crippen molar-refractivity contribution in [1.29, 1.82) is 0 Å². The molecule has 5 heavy (non-hydrogen) atoms. The summed E-state index contributed by atoms with van der Waals surface area (Å²) in [7, 11) is 0. The minimum Gasteiger partial charge on any atom is -0.412 e. The zero-order chi connectivity index (χ0) is 0. The smallest absolute Gasteiger partial charge is 0.0776 e. The molecule has 4 N–H and O–H groups in total. The molecule has 0 aromatic heterocycles. The molecule has 0 atom stereocenters. The van der Waals surface area contributed by atoms with Gasteiger partial charge in [-0.1, -0.05) is 14.9 Å². The summed E-state index contributed by atoms with van der Waals surface area (Å²) in [5, 5.41) is 0. The second-order valence-electron chi connectivity index (χ2n) is 0. The minimum absolute atomic E-state index is 0. The van der Waals surface area contributed by atoms with Crippen molar-refractivity contribution in [3.05, 3.63) is 0 Å². The van der Waals surface area contributed by atoms with Crippen LogP contribution in [0.25, 0.3) is 0 Å². The second kappa shape index (κ2) is 626. The molecule has 0 aliphatic carbocycles. The van der Waals surface area contributed by atoms with Crippen molar-refractivity contribution in [2.24, 2.45) is 0 Å². The number of hydrogen-bond acceptors (Lipinski definition) is 0. The zero-order valence-corrected chi connectivity index (χ0v) is 2.50. The van der Waals surface area contributed by atoms with Crippen LogP contribution in [0.5, 0.6) is 0 Å². The van der Waals surface area contributed by atoms with Gasteiger partial charge in [0.2, 0.25) is 0 Å². The Balaban J connectivity index is 0. The van der Waals surface area contributed by atoms with Gasteiger partial charge in [-0.3, -0.25) is 0 Å². The van der Waals surface area contributed by atoms with E-state index in [0.717, 1.165) is 0 Å². The summed E-state index contributed by atoms with van der Waals surface area (Å²) in [6.07, 6.45) is 0. The van der Waals surface area contributed by atoms with E-state index in [0.29, 0.717) is 0 Å². The van der Waals surface area contributed by atoms with E-state index in [9.17, 15) is 0 Å². The quantitative estimate of drug-likeness (QED) is 0.404. The monoisotopic (exact) mass is 102 g/mol. The van der Waals surface area contributed by atoms with Crippen LogP contribution in [0.2, 0.25) is 0 Å². The first kappa shape index (κ1) is 1320.